The number of hydrogen-bond donors (Lipinski definition) is 0. The van der Waals surface area contributed by atoms with E-state index in [0.717, 1.165) is 33.2 Å². The number of aryl methyl sites for hydroxylation is 2. The lowest BCUT2D eigenvalue weighted by molar-refractivity contribution is -0.122. The molecule has 4 heterocycles. The maximum Gasteiger partial charge on any atom is 0.272 e. The van der Waals surface area contributed by atoms with Crippen molar-refractivity contribution in [1.82, 2.24) is 19.7 Å². The highest BCUT2D eigenvalue weighted by Gasteiger charge is 2.53. The summed E-state index contributed by atoms with van der Waals surface area (Å²) in [5, 5.41) is 6.79. The van der Waals surface area contributed by atoms with Crippen molar-refractivity contribution in [3.8, 4) is 0 Å². The van der Waals surface area contributed by atoms with Crippen LogP contribution in [0.5, 0.6) is 0 Å². The molecule has 4 aromatic rings. The zero-order valence-corrected chi connectivity index (χ0v) is 20.3. The molecule has 176 valence electrons. The average Bonchev–Trinajstić information content (AvgIpc) is 3.37. The first-order valence-corrected chi connectivity index (χ1v) is 12.0. The molecule has 0 aliphatic carbocycles. The predicted molar refractivity (Wildman–Crippen MR) is 135 cm³/mol. The van der Waals surface area contributed by atoms with Gasteiger partial charge in [-0.1, -0.05) is 41.9 Å². The van der Waals surface area contributed by atoms with Gasteiger partial charge in [0.2, 0.25) is 5.91 Å². The molecule has 6 rings (SSSR count). The molecule has 2 aromatic carbocycles. The van der Waals surface area contributed by atoms with E-state index in [9.17, 15) is 9.59 Å². The molecule has 0 bridgehead atoms. The second-order valence-electron chi connectivity index (χ2n) is 9.43. The van der Waals surface area contributed by atoms with Gasteiger partial charge in [-0.25, -0.2) is 0 Å². The molecule has 2 aliphatic heterocycles. The van der Waals surface area contributed by atoms with Crippen molar-refractivity contribution in [2.75, 3.05) is 18.0 Å². The Morgan fingerprint density at radius 3 is 2.74 bits per heavy atom. The van der Waals surface area contributed by atoms with Crippen LogP contribution in [0.15, 0.2) is 61.1 Å². The van der Waals surface area contributed by atoms with Crippen molar-refractivity contribution < 1.29 is 9.59 Å². The molecule has 0 radical (unpaired) electrons. The molecule has 0 saturated carbocycles. The molecule has 1 unspecified atom stereocenters. The molecule has 8 heteroatoms. The minimum atomic E-state index is -0.877. The Bertz CT molecular complexity index is 1490. The highest BCUT2D eigenvalue weighted by atomic mass is 35.5. The number of pyridine rings is 1. The number of anilines is 1. The third-order valence-corrected chi connectivity index (χ3v) is 7.61. The first kappa shape index (κ1) is 21.8. The number of aromatic nitrogens is 3. The van der Waals surface area contributed by atoms with Crippen molar-refractivity contribution >= 4 is 39.9 Å². The minimum absolute atomic E-state index is 0.0293. The van der Waals surface area contributed by atoms with Crippen molar-refractivity contribution in [3.05, 3.63) is 88.5 Å². The van der Waals surface area contributed by atoms with Crippen LogP contribution < -0.4 is 4.90 Å². The average molecular weight is 486 g/mol. The zero-order chi connectivity index (χ0) is 24.3. The monoisotopic (exact) mass is 485 g/mol. The van der Waals surface area contributed by atoms with E-state index >= 15 is 0 Å². The van der Waals surface area contributed by atoms with Gasteiger partial charge in [-0.2, -0.15) is 5.10 Å². The number of hydrogen-bond acceptors (Lipinski definition) is 4. The predicted octanol–water partition coefficient (Wildman–Crippen LogP) is 4.26. The summed E-state index contributed by atoms with van der Waals surface area (Å²) in [4.78, 5) is 35.9. The van der Waals surface area contributed by atoms with Crippen LogP contribution in [-0.4, -0.2) is 44.6 Å². The largest absolute Gasteiger partial charge is 0.332 e. The Labute approximate surface area is 207 Å². The summed E-state index contributed by atoms with van der Waals surface area (Å²) in [6.45, 7) is 3.12. The van der Waals surface area contributed by atoms with Gasteiger partial charge in [0.25, 0.3) is 5.91 Å². The van der Waals surface area contributed by atoms with Crippen molar-refractivity contribution in [1.29, 1.82) is 0 Å². The van der Waals surface area contributed by atoms with Crippen LogP contribution in [0.3, 0.4) is 0 Å². The zero-order valence-electron chi connectivity index (χ0n) is 19.5. The lowest BCUT2D eigenvalue weighted by Crippen LogP contribution is -2.52. The van der Waals surface area contributed by atoms with Gasteiger partial charge in [0.1, 0.15) is 5.69 Å². The smallest absolute Gasteiger partial charge is 0.272 e. The number of nitrogens with zero attached hydrogens (tertiary/aromatic N) is 5. The summed E-state index contributed by atoms with van der Waals surface area (Å²) in [5.74, 6) is -0.154. The quantitative estimate of drug-likeness (QED) is 0.425. The van der Waals surface area contributed by atoms with E-state index in [-0.39, 0.29) is 18.4 Å². The summed E-state index contributed by atoms with van der Waals surface area (Å²) in [5.41, 5.74) is 3.13. The van der Waals surface area contributed by atoms with Gasteiger partial charge in [-0.3, -0.25) is 19.3 Å². The summed E-state index contributed by atoms with van der Waals surface area (Å²) in [7, 11) is 1.77. The number of benzene rings is 2. The van der Waals surface area contributed by atoms with E-state index in [1.54, 1.807) is 29.0 Å². The molecule has 1 fully saturated rings. The summed E-state index contributed by atoms with van der Waals surface area (Å²) in [6, 6.07) is 13.6. The Morgan fingerprint density at radius 2 is 1.94 bits per heavy atom. The Hall–Kier alpha value is -3.71. The minimum Gasteiger partial charge on any atom is -0.332 e. The molecule has 2 aromatic heterocycles. The third-order valence-electron chi connectivity index (χ3n) is 7.38. The van der Waals surface area contributed by atoms with Gasteiger partial charge in [0.05, 0.1) is 23.5 Å². The van der Waals surface area contributed by atoms with Crippen molar-refractivity contribution in [2.45, 2.75) is 25.3 Å². The van der Waals surface area contributed by atoms with Crippen LogP contribution in [0, 0.1) is 6.92 Å². The van der Waals surface area contributed by atoms with Gasteiger partial charge in [0, 0.05) is 48.7 Å². The molecule has 1 spiro atoms. The molecule has 7 nitrogen and oxygen atoms in total. The number of amides is 2. The van der Waals surface area contributed by atoms with E-state index < -0.39 is 5.41 Å². The normalized spacial score (nSPS) is 19.6. The number of fused-ring (bicyclic) bond motifs is 3. The lowest BCUT2D eigenvalue weighted by Gasteiger charge is -2.41. The van der Waals surface area contributed by atoms with E-state index in [2.05, 4.69) is 10.1 Å². The second-order valence-corrected chi connectivity index (χ2v) is 9.87. The Balaban J connectivity index is 1.46. The van der Waals surface area contributed by atoms with Crippen LogP contribution in [0.25, 0.3) is 10.8 Å². The fourth-order valence-electron chi connectivity index (χ4n) is 5.66. The van der Waals surface area contributed by atoms with Crippen molar-refractivity contribution in [2.24, 2.45) is 7.05 Å². The maximum absolute atomic E-state index is 14.3. The number of carbonyl (C=O) groups is 2. The van der Waals surface area contributed by atoms with Crippen LogP contribution >= 0.6 is 11.6 Å². The second kappa shape index (κ2) is 7.92. The molecule has 2 aliphatic rings. The van der Waals surface area contributed by atoms with Gasteiger partial charge >= 0.3 is 0 Å². The van der Waals surface area contributed by atoms with Crippen LogP contribution in [0.2, 0.25) is 5.02 Å². The van der Waals surface area contributed by atoms with E-state index in [0.29, 0.717) is 30.2 Å². The van der Waals surface area contributed by atoms with Gasteiger partial charge < -0.3 is 9.80 Å². The molecule has 1 saturated heterocycles. The first-order chi connectivity index (χ1) is 16.9. The number of carbonyl (C=O) groups excluding carboxylic acids is 2. The topological polar surface area (TPSA) is 71.3 Å². The molecule has 35 heavy (non-hydrogen) atoms. The highest BCUT2D eigenvalue weighted by molar-refractivity contribution is 6.30. The highest BCUT2D eigenvalue weighted by Crippen LogP contribution is 2.45. The molecule has 1 atom stereocenters. The number of halogens is 1. The van der Waals surface area contributed by atoms with Crippen LogP contribution in [-0.2, 0) is 23.8 Å². The van der Waals surface area contributed by atoms with Crippen LogP contribution in [0.4, 0.5) is 5.69 Å². The lowest BCUT2D eigenvalue weighted by atomic mass is 9.73. The molecule has 0 N–H and O–H groups in total. The van der Waals surface area contributed by atoms with Gasteiger partial charge in [-0.15, -0.1) is 0 Å². The standard InChI is InChI=1S/C27H24ClN5O2/c1-17-12-30-31(2)24(17)25(34)32-15-19-7-8-20(28)11-22(19)27(16-32)9-10-33(26(27)35)23-14-29-13-18-5-3-4-6-21(18)23/h3-8,11-14H,9-10,15-16H2,1-2H3. The first-order valence-electron chi connectivity index (χ1n) is 11.6. The van der Waals surface area contributed by atoms with Crippen molar-refractivity contribution in [3.63, 3.8) is 0 Å². The molecular weight excluding hydrogens is 462 g/mol. The maximum atomic E-state index is 14.3. The fourth-order valence-corrected chi connectivity index (χ4v) is 5.84. The summed E-state index contributed by atoms with van der Waals surface area (Å²) in [6.07, 6.45) is 5.83. The van der Waals surface area contributed by atoms with Crippen LogP contribution in [0.1, 0.15) is 33.6 Å². The Kier molecular flexibility index (Phi) is 4.93. The van der Waals surface area contributed by atoms with Gasteiger partial charge in [-0.05, 0) is 42.2 Å². The van der Waals surface area contributed by atoms with E-state index in [1.807, 2.05) is 60.5 Å². The summed E-state index contributed by atoms with van der Waals surface area (Å²) >= 11 is 6.41. The van der Waals surface area contributed by atoms with E-state index in [1.165, 1.54) is 0 Å². The molecule has 2 amide bonds. The SMILES string of the molecule is Cc1cnn(C)c1C(=O)N1Cc2ccc(Cl)cc2C2(CCN(c3cncc4ccccc34)C2=O)C1. The molecular formula is C27H24ClN5O2. The van der Waals surface area contributed by atoms with Gasteiger partial charge in [0.15, 0.2) is 0 Å². The third kappa shape index (κ3) is 3.26. The van der Waals surface area contributed by atoms with E-state index in [4.69, 9.17) is 11.6 Å². The fraction of sp³-hybridized carbons (Fsp3) is 0.259. The summed E-state index contributed by atoms with van der Waals surface area (Å²) < 4.78 is 1.60. The Morgan fingerprint density at radius 1 is 1.11 bits per heavy atom. The number of rotatable bonds is 2.